The van der Waals surface area contributed by atoms with Crippen LogP contribution in [0, 0.1) is 0 Å². The minimum atomic E-state index is -4.58. The molecule has 14 heavy (non-hydrogen) atoms. The van der Waals surface area contributed by atoms with E-state index in [0.717, 1.165) is 0 Å². The van der Waals surface area contributed by atoms with Gasteiger partial charge >= 0.3 is 5.51 Å². The molecule has 1 saturated heterocycles. The molecule has 0 aliphatic carbocycles. The zero-order chi connectivity index (χ0) is 10.6. The number of morpholine rings is 1. The van der Waals surface area contributed by atoms with E-state index in [1.165, 1.54) is 0 Å². The fourth-order valence-electron chi connectivity index (χ4n) is 1.15. The van der Waals surface area contributed by atoms with Crippen molar-refractivity contribution in [3.8, 4) is 0 Å². The molecule has 0 amide bonds. The maximum Gasteiger partial charge on any atom is 0.471 e. The highest BCUT2D eigenvalue weighted by Crippen LogP contribution is 2.19. The van der Waals surface area contributed by atoms with Crippen LogP contribution in [-0.4, -0.2) is 53.2 Å². The Morgan fingerprint density at radius 2 is 1.86 bits per heavy atom. The van der Waals surface area contributed by atoms with Gasteiger partial charge in [0.1, 0.15) is 10.8 Å². The normalized spacial score (nSPS) is 22.2. The van der Waals surface area contributed by atoms with E-state index >= 15 is 0 Å². The van der Waals surface area contributed by atoms with Crippen LogP contribution in [0.4, 0.5) is 13.2 Å². The molecule has 1 atom stereocenters. The van der Waals surface area contributed by atoms with E-state index in [4.69, 9.17) is 4.74 Å². The maximum atomic E-state index is 11.9. The topological polar surface area (TPSA) is 29.5 Å². The van der Waals surface area contributed by atoms with Crippen LogP contribution in [0.3, 0.4) is 0 Å². The molecule has 0 aromatic rings. The van der Waals surface area contributed by atoms with Crippen molar-refractivity contribution in [2.24, 2.45) is 0 Å². The minimum Gasteiger partial charge on any atom is -0.379 e. The quantitative estimate of drug-likeness (QED) is 0.712. The second-order valence-corrected chi connectivity index (χ2v) is 4.51. The summed E-state index contributed by atoms with van der Waals surface area (Å²) in [5, 5.41) is 0. The molecule has 0 saturated carbocycles. The lowest BCUT2D eigenvalue weighted by Crippen LogP contribution is -2.39. The van der Waals surface area contributed by atoms with Crippen LogP contribution < -0.4 is 0 Å². The van der Waals surface area contributed by atoms with Gasteiger partial charge in [-0.25, -0.2) is 0 Å². The molecule has 7 heteroatoms. The summed E-state index contributed by atoms with van der Waals surface area (Å²) in [5.74, 6) is -0.344. The minimum absolute atomic E-state index is 0.218. The van der Waals surface area contributed by atoms with Crippen molar-refractivity contribution >= 4 is 10.8 Å². The average Bonchev–Trinajstić information content (AvgIpc) is 2.14. The number of halogens is 3. The molecule has 1 rings (SSSR count). The lowest BCUT2D eigenvalue weighted by molar-refractivity contribution is -0.0387. The third-order valence-corrected chi connectivity index (χ3v) is 3.02. The first-order valence-corrected chi connectivity index (χ1v) is 5.57. The van der Waals surface area contributed by atoms with Crippen molar-refractivity contribution in [2.75, 3.05) is 38.6 Å². The molecule has 0 aromatic heterocycles. The fraction of sp³-hybridized carbons (Fsp3) is 1.00. The van der Waals surface area contributed by atoms with Crippen LogP contribution in [0.1, 0.15) is 0 Å². The summed E-state index contributed by atoms with van der Waals surface area (Å²) in [6.45, 7) is 2.54. The van der Waals surface area contributed by atoms with Crippen molar-refractivity contribution in [1.82, 2.24) is 4.90 Å². The van der Waals surface area contributed by atoms with Crippen LogP contribution in [0.25, 0.3) is 0 Å². The molecule has 1 unspecified atom stereocenters. The summed E-state index contributed by atoms with van der Waals surface area (Å²) >= 11 is 0. The first-order valence-electron chi connectivity index (χ1n) is 4.25. The molecule has 1 aliphatic rings. The summed E-state index contributed by atoms with van der Waals surface area (Å²) in [6, 6.07) is 0. The average molecular weight is 231 g/mol. The molecule has 1 fully saturated rings. The molecule has 84 valence electrons. The third kappa shape index (κ3) is 3.93. The zero-order valence-electron chi connectivity index (χ0n) is 7.55. The largest absolute Gasteiger partial charge is 0.471 e. The highest BCUT2D eigenvalue weighted by atomic mass is 32.2. The first kappa shape index (κ1) is 11.9. The van der Waals surface area contributed by atoms with Gasteiger partial charge in [-0.05, 0) is 0 Å². The van der Waals surface area contributed by atoms with Gasteiger partial charge < -0.3 is 4.74 Å². The zero-order valence-corrected chi connectivity index (χ0v) is 8.36. The van der Waals surface area contributed by atoms with Crippen LogP contribution in [0.2, 0.25) is 0 Å². The van der Waals surface area contributed by atoms with Crippen LogP contribution in [0.5, 0.6) is 0 Å². The molecule has 0 spiro atoms. The fourth-order valence-corrected chi connectivity index (χ4v) is 1.81. The number of ether oxygens (including phenoxy) is 1. The Bertz CT molecular complexity index is 204. The number of rotatable bonds is 3. The van der Waals surface area contributed by atoms with Gasteiger partial charge in [0.05, 0.1) is 13.2 Å². The number of hydrogen-bond donors (Lipinski definition) is 0. The van der Waals surface area contributed by atoms with Gasteiger partial charge in [0.2, 0.25) is 0 Å². The van der Waals surface area contributed by atoms with Crippen molar-refractivity contribution in [2.45, 2.75) is 5.51 Å². The van der Waals surface area contributed by atoms with Crippen molar-refractivity contribution in [1.29, 1.82) is 0 Å². The van der Waals surface area contributed by atoms with Crippen molar-refractivity contribution in [3.63, 3.8) is 0 Å². The molecule has 1 heterocycles. The Morgan fingerprint density at radius 1 is 1.29 bits per heavy atom. The number of hydrogen-bond acceptors (Lipinski definition) is 3. The SMILES string of the molecule is O=S(CCN1CCOCC1)C(F)(F)F. The van der Waals surface area contributed by atoms with E-state index in [-0.39, 0.29) is 12.3 Å². The molecular weight excluding hydrogens is 219 g/mol. The van der Waals surface area contributed by atoms with Gasteiger partial charge in [0.15, 0.2) is 0 Å². The summed E-state index contributed by atoms with van der Waals surface area (Å²) in [4.78, 5) is 1.83. The van der Waals surface area contributed by atoms with Gasteiger partial charge in [0.25, 0.3) is 0 Å². The van der Waals surface area contributed by atoms with Gasteiger partial charge in [-0.15, -0.1) is 0 Å². The van der Waals surface area contributed by atoms with E-state index in [1.807, 2.05) is 4.90 Å². The Kier molecular flexibility index (Phi) is 4.33. The predicted octanol–water partition coefficient (Wildman–Crippen LogP) is 0.587. The molecule has 1 aliphatic heterocycles. The van der Waals surface area contributed by atoms with Crippen molar-refractivity contribution < 1.29 is 22.1 Å². The summed E-state index contributed by atoms with van der Waals surface area (Å²) in [6.07, 6.45) is 0. The highest BCUT2D eigenvalue weighted by molar-refractivity contribution is 7.85. The third-order valence-electron chi connectivity index (χ3n) is 1.95. The van der Waals surface area contributed by atoms with E-state index < -0.39 is 16.3 Å². The monoisotopic (exact) mass is 231 g/mol. The second kappa shape index (κ2) is 5.09. The van der Waals surface area contributed by atoms with E-state index in [1.54, 1.807) is 0 Å². The standard InChI is InChI=1S/C7H12F3NO2S/c8-7(9,10)14(12)6-3-11-1-4-13-5-2-11/h1-6H2. The van der Waals surface area contributed by atoms with Gasteiger partial charge in [-0.2, -0.15) is 13.2 Å². The Morgan fingerprint density at radius 3 is 2.36 bits per heavy atom. The first-order chi connectivity index (χ1) is 6.50. The number of alkyl halides is 3. The van der Waals surface area contributed by atoms with E-state index in [0.29, 0.717) is 26.3 Å². The Hall–Kier alpha value is -0.140. The Balaban J connectivity index is 2.22. The van der Waals surface area contributed by atoms with E-state index in [2.05, 4.69) is 0 Å². The van der Waals surface area contributed by atoms with Crippen LogP contribution in [-0.2, 0) is 15.5 Å². The molecule has 0 radical (unpaired) electrons. The summed E-state index contributed by atoms with van der Waals surface area (Å²) in [7, 11) is -2.72. The van der Waals surface area contributed by atoms with E-state index in [9.17, 15) is 17.4 Å². The van der Waals surface area contributed by atoms with Gasteiger partial charge in [-0.1, -0.05) is 0 Å². The maximum absolute atomic E-state index is 11.9. The molecule has 0 bridgehead atoms. The lowest BCUT2D eigenvalue weighted by Gasteiger charge is -2.26. The van der Waals surface area contributed by atoms with Gasteiger partial charge in [0, 0.05) is 25.4 Å². The molecule has 3 nitrogen and oxygen atoms in total. The molecular formula is C7H12F3NO2S. The molecule has 0 aromatic carbocycles. The van der Waals surface area contributed by atoms with Crippen LogP contribution in [0.15, 0.2) is 0 Å². The second-order valence-electron chi connectivity index (χ2n) is 2.95. The summed E-state index contributed by atoms with van der Waals surface area (Å²) in [5.41, 5.74) is -4.58. The predicted molar refractivity (Wildman–Crippen MR) is 46.3 cm³/mol. The highest BCUT2D eigenvalue weighted by Gasteiger charge is 2.36. The van der Waals surface area contributed by atoms with Gasteiger partial charge in [-0.3, -0.25) is 9.11 Å². The smallest absolute Gasteiger partial charge is 0.379 e. The van der Waals surface area contributed by atoms with Crippen molar-refractivity contribution in [3.05, 3.63) is 0 Å². The Labute approximate surface area is 82.7 Å². The van der Waals surface area contributed by atoms with Crippen LogP contribution >= 0.6 is 0 Å². The lowest BCUT2D eigenvalue weighted by atomic mass is 10.4. The number of nitrogens with zero attached hydrogens (tertiary/aromatic N) is 1. The summed E-state index contributed by atoms with van der Waals surface area (Å²) < 4.78 is 51.2. The molecule has 0 N–H and O–H groups in total.